The molecule has 0 spiro atoms. The lowest BCUT2D eigenvalue weighted by Crippen LogP contribution is -1.85. The third-order valence-electron chi connectivity index (χ3n) is 1.83. The van der Waals surface area contributed by atoms with Crippen LogP contribution >= 0.6 is 11.8 Å². The molecule has 1 aromatic carbocycles. The van der Waals surface area contributed by atoms with Crippen LogP contribution in [0.4, 0.5) is 0 Å². The summed E-state index contributed by atoms with van der Waals surface area (Å²) in [5.74, 6) is 0. The standard InChI is InChI=1S/C9H10N2S/c1-11-6-7-4-3-5-8(12-2)9(7)10-11/h3-6H,1-2H3. The molecule has 3 heteroatoms. The molecule has 1 heterocycles. The molecule has 0 fully saturated rings. The van der Waals surface area contributed by atoms with Crippen LogP contribution in [0.25, 0.3) is 10.9 Å². The molecule has 1 aromatic heterocycles. The Hall–Kier alpha value is -0.960. The van der Waals surface area contributed by atoms with Gasteiger partial charge in [0, 0.05) is 23.5 Å². The van der Waals surface area contributed by atoms with Crippen LogP contribution in [0.15, 0.2) is 29.3 Å². The van der Waals surface area contributed by atoms with Crippen molar-refractivity contribution in [2.45, 2.75) is 4.90 Å². The Balaban J connectivity index is 2.78. The lowest BCUT2D eigenvalue weighted by molar-refractivity contribution is 0.777. The molecule has 0 radical (unpaired) electrons. The molecule has 0 atom stereocenters. The van der Waals surface area contributed by atoms with Crippen molar-refractivity contribution in [2.75, 3.05) is 6.26 Å². The smallest absolute Gasteiger partial charge is 0.106 e. The first kappa shape index (κ1) is 7.68. The highest BCUT2D eigenvalue weighted by Crippen LogP contribution is 2.24. The number of nitrogens with zero attached hydrogens (tertiary/aromatic N) is 2. The Bertz CT molecular complexity index is 406. The van der Waals surface area contributed by atoms with Gasteiger partial charge in [-0.05, 0) is 12.3 Å². The molecule has 2 rings (SSSR count). The highest BCUT2D eigenvalue weighted by molar-refractivity contribution is 7.98. The van der Waals surface area contributed by atoms with Crippen LogP contribution in [0.2, 0.25) is 0 Å². The van der Waals surface area contributed by atoms with Gasteiger partial charge in [0.05, 0.1) is 0 Å². The van der Waals surface area contributed by atoms with Crippen LogP contribution in [0.5, 0.6) is 0 Å². The summed E-state index contributed by atoms with van der Waals surface area (Å²) in [7, 11) is 1.95. The largest absolute Gasteiger partial charge is 0.275 e. The van der Waals surface area contributed by atoms with Crippen molar-refractivity contribution in [3.63, 3.8) is 0 Å². The van der Waals surface area contributed by atoms with Crippen LogP contribution in [0, 0.1) is 0 Å². The summed E-state index contributed by atoms with van der Waals surface area (Å²) in [5, 5.41) is 5.59. The van der Waals surface area contributed by atoms with E-state index in [2.05, 4.69) is 29.6 Å². The van der Waals surface area contributed by atoms with Gasteiger partial charge in [-0.3, -0.25) is 4.68 Å². The molecule has 0 amide bonds. The molecule has 0 saturated heterocycles. The maximum atomic E-state index is 4.38. The van der Waals surface area contributed by atoms with Crippen molar-refractivity contribution in [3.05, 3.63) is 24.4 Å². The maximum Gasteiger partial charge on any atom is 0.106 e. The number of aryl methyl sites for hydroxylation is 1. The zero-order valence-corrected chi connectivity index (χ0v) is 7.93. The number of benzene rings is 1. The molecular weight excluding hydrogens is 168 g/mol. The van der Waals surface area contributed by atoms with Gasteiger partial charge in [-0.2, -0.15) is 5.10 Å². The van der Waals surface area contributed by atoms with E-state index in [1.54, 1.807) is 11.8 Å². The third kappa shape index (κ3) is 1.10. The Morgan fingerprint density at radius 2 is 2.25 bits per heavy atom. The average molecular weight is 178 g/mol. The molecule has 2 nitrogen and oxygen atoms in total. The van der Waals surface area contributed by atoms with Crippen LogP contribution in [0.1, 0.15) is 0 Å². The second-order valence-corrected chi connectivity index (χ2v) is 3.55. The first-order valence-corrected chi connectivity index (χ1v) is 5.00. The highest BCUT2D eigenvalue weighted by atomic mass is 32.2. The van der Waals surface area contributed by atoms with Crippen molar-refractivity contribution in [2.24, 2.45) is 7.05 Å². The zero-order valence-electron chi connectivity index (χ0n) is 7.11. The Morgan fingerprint density at radius 3 is 3.00 bits per heavy atom. The minimum Gasteiger partial charge on any atom is -0.275 e. The summed E-state index contributed by atoms with van der Waals surface area (Å²) in [6, 6.07) is 6.25. The fraction of sp³-hybridized carbons (Fsp3) is 0.222. The van der Waals surface area contributed by atoms with Gasteiger partial charge in [0.15, 0.2) is 0 Å². The van der Waals surface area contributed by atoms with E-state index in [0.717, 1.165) is 5.52 Å². The normalized spacial score (nSPS) is 10.8. The van der Waals surface area contributed by atoms with Crippen LogP contribution in [0.3, 0.4) is 0 Å². The molecule has 2 aromatic rings. The van der Waals surface area contributed by atoms with Gasteiger partial charge in [-0.1, -0.05) is 12.1 Å². The summed E-state index contributed by atoms with van der Waals surface area (Å²) in [5.41, 5.74) is 1.10. The van der Waals surface area contributed by atoms with Crippen molar-refractivity contribution in [1.82, 2.24) is 9.78 Å². The van der Waals surface area contributed by atoms with Gasteiger partial charge in [0.2, 0.25) is 0 Å². The van der Waals surface area contributed by atoms with E-state index in [4.69, 9.17) is 0 Å². The van der Waals surface area contributed by atoms with E-state index >= 15 is 0 Å². The topological polar surface area (TPSA) is 17.8 Å². The Kier molecular flexibility index (Phi) is 1.81. The second-order valence-electron chi connectivity index (χ2n) is 2.70. The number of hydrogen-bond acceptors (Lipinski definition) is 2. The summed E-state index contributed by atoms with van der Waals surface area (Å²) >= 11 is 1.74. The SMILES string of the molecule is CSc1cccc2cn(C)nc12. The Labute approximate surface area is 75.6 Å². The monoisotopic (exact) mass is 178 g/mol. The van der Waals surface area contributed by atoms with Gasteiger partial charge >= 0.3 is 0 Å². The number of hydrogen-bond donors (Lipinski definition) is 0. The number of aromatic nitrogens is 2. The Morgan fingerprint density at radius 1 is 1.42 bits per heavy atom. The maximum absolute atomic E-state index is 4.38. The summed E-state index contributed by atoms with van der Waals surface area (Å²) in [6.07, 6.45) is 4.11. The molecule has 0 saturated carbocycles. The lowest BCUT2D eigenvalue weighted by Gasteiger charge is -1.94. The number of thioether (sulfide) groups is 1. The molecule has 0 N–H and O–H groups in total. The summed E-state index contributed by atoms with van der Waals surface area (Å²) in [4.78, 5) is 1.24. The molecular formula is C9H10N2S. The van der Waals surface area contributed by atoms with E-state index in [-0.39, 0.29) is 0 Å². The van der Waals surface area contributed by atoms with Crippen LogP contribution in [-0.2, 0) is 7.05 Å². The molecule has 0 unspecified atom stereocenters. The fourth-order valence-corrected chi connectivity index (χ4v) is 1.87. The molecule has 0 aliphatic carbocycles. The molecule has 0 aliphatic heterocycles. The van der Waals surface area contributed by atoms with Gasteiger partial charge in [-0.15, -0.1) is 11.8 Å². The molecule has 12 heavy (non-hydrogen) atoms. The number of rotatable bonds is 1. The molecule has 0 aliphatic rings. The van der Waals surface area contributed by atoms with E-state index in [1.807, 2.05) is 17.9 Å². The third-order valence-corrected chi connectivity index (χ3v) is 2.60. The van der Waals surface area contributed by atoms with E-state index in [9.17, 15) is 0 Å². The number of fused-ring (bicyclic) bond motifs is 1. The molecule has 0 bridgehead atoms. The van der Waals surface area contributed by atoms with Gasteiger partial charge in [0.25, 0.3) is 0 Å². The fourth-order valence-electron chi connectivity index (χ4n) is 1.30. The van der Waals surface area contributed by atoms with Crippen molar-refractivity contribution >= 4 is 22.7 Å². The summed E-state index contributed by atoms with van der Waals surface area (Å²) < 4.78 is 1.85. The van der Waals surface area contributed by atoms with E-state index in [0.29, 0.717) is 0 Å². The van der Waals surface area contributed by atoms with Gasteiger partial charge in [0.1, 0.15) is 5.52 Å². The van der Waals surface area contributed by atoms with Gasteiger partial charge < -0.3 is 0 Å². The quantitative estimate of drug-likeness (QED) is 0.623. The molecule has 62 valence electrons. The van der Waals surface area contributed by atoms with Crippen molar-refractivity contribution < 1.29 is 0 Å². The predicted molar refractivity (Wildman–Crippen MR) is 52.5 cm³/mol. The predicted octanol–water partition coefficient (Wildman–Crippen LogP) is 2.30. The van der Waals surface area contributed by atoms with E-state index < -0.39 is 0 Å². The van der Waals surface area contributed by atoms with Crippen LogP contribution < -0.4 is 0 Å². The second kappa shape index (κ2) is 2.83. The lowest BCUT2D eigenvalue weighted by atomic mass is 10.3. The van der Waals surface area contributed by atoms with E-state index in [1.165, 1.54) is 10.3 Å². The first-order chi connectivity index (χ1) is 5.81. The minimum atomic E-state index is 1.10. The highest BCUT2D eigenvalue weighted by Gasteiger charge is 2.01. The van der Waals surface area contributed by atoms with Crippen LogP contribution in [-0.4, -0.2) is 16.0 Å². The zero-order chi connectivity index (χ0) is 8.55. The van der Waals surface area contributed by atoms with Crippen molar-refractivity contribution in [1.29, 1.82) is 0 Å². The van der Waals surface area contributed by atoms with Gasteiger partial charge in [-0.25, -0.2) is 0 Å². The first-order valence-electron chi connectivity index (χ1n) is 3.77. The van der Waals surface area contributed by atoms with Crippen molar-refractivity contribution in [3.8, 4) is 0 Å². The summed E-state index contributed by atoms with van der Waals surface area (Å²) in [6.45, 7) is 0. The average Bonchev–Trinajstić information content (AvgIpc) is 2.44. The minimum absolute atomic E-state index is 1.10.